The third kappa shape index (κ3) is 5.69. The van der Waals surface area contributed by atoms with Crippen molar-refractivity contribution in [2.24, 2.45) is 11.7 Å². The van der Waals surface area contributed by atoms with Gasteiger partial charge in [-0.2, -0.15) is 13.2 Å². The minimum absolute atomic E-state index is 0.0471. The number of imide groups is 1. The molecule has 9 nitrogen and oxygen atoms in total. The quantitative estimate of drug-likeness (QED) is 0.443. The number of benzene rings is 2. The summed E-state index contributed by atoms with van der Waals surface area (Å²) in [4.78, 5) is 53.7. The lowest BCUT2D eigenvalue weighted by atomic mass is 9.94. The maximum atomic E-state index is 13.8. The Hall–Kier alpha value is -4.00. The molecule has 4 rings (SSSR count). The van der Waals surface area contributed by atoms with Crippen LogP contribution in [0.4, 0.5) is 28.0 Å². The van der Waals surface area contributed by atoms with Gasteiger partial charge in [-0.1, -0.05) is 32.0 Å². The molecule has 1 aliphatic carbocycles. The molecule has 13 heteroatoms. The lowest BCUT2D eigenvalue weighted by molar-refractivity contribution is -0.189. The average Bonchev–Trinajstić information content (AvgIpc) is 3.41. The van der Waals surface area contributed by atoms with Gasteiger partial charge in [-0.15, -0.1) is 0 Å². The SMILES string of the molecule is CC(C)[C@@H](N)C(=O)Nc1ccc2c(c1)CC[C@@]21OC(=O)N(C(C)C(=O)N(Cc2ccc(F)cc2)[C@@H](C)C(F)(F)F)C1=O. The first kappa shape index (κ1) is 30.9. The summed E-state index contributed by atoms with van der Waals surface area (Å²) in [5.41, 5.74) is 5.79. The molecule has 0 saturated carbocycles. The summed E-state index contributed by atoms with van der Waals surface area (Å²) in [7, 11) is 0. The number of halogens is 4. The predicted molar refractivity (Wildman–Crippen MR) is 143 cm³/mol. The maximum Gasteiger partial charge on any atom is 0.418 e. The highest BCUT2D eigenvalue weighted by Crippen LogP contribution is 2.46. The van der Waals surface area contributed by atoms with Crippen LogP contribution in [0.15, 0.2) is 42.5 Å². The first-order valence-electron chi connectivity index (χ1n) is 13.4. The average molecular weight is 593 g/mol. The molecule has 1 heterocycles. The minimum Gasteiger partial charge on any atom is -0.427 e. The molecule has 1 saturated heterocycles. The number of nitrogens with one attached hydrogen (secondary N) is 1. The number of amides is 4. The van der Waals surface area contributed by atoms with Crippen LogP contribution >= 0.6 is 0 Å². The Kier molecular flexibility index (Phi) is 8.36. The highest BCUT2D eigenvalue weighted by Gasteiger charge is 2.60. The fourth-order valence-corrected chi connectivity index (χ4v) is 5.15. The van der Waals surface area contributed by atoms with E-state index in [-0.39, 0.29) is 17.9 Å². The highest BCUT2D eigenvalue weighted by atomic mass is 19.4. The van der Waals surface area contributed by atoms with Gasteiger partial charge in [0.25, 0.3) is 5.91 Å². The molecule has 0 radical (unpaired) electrons. The topological polar surface area (TPSA) is 122 Å². The number of rotatable bonds is 8. The van der Waals surface area contributed by atoms with E-state index in [1.165, 1.54) is 24.3 Å². The molecule has 4 amide bonds. The molecule has 1 fully saturated rings. The van der Waals surface area contributed by atoms with Gasteiger partial charge in [0.15, 0.2) is 0 Å². The van der Waals surface area contributed by atoms with Crippen molar-refractivity contribution >= 4 is 29.5 Å². The van der Waals surface area contributed by atoms with Crippen molar-refractivity contribution in [2.75, 3.05) is 5.32 Å². The summed E-state index contributed by atoms with van der Waals surface area (Å²) in [5.74, 6) is -3.09. The second-order valence-electron chi connectivity index (χ2n) is 11.0. The maximum absolute atomic E-state index is 13.8. The molecule has 226 valence electrons. The normalized spacial score (nSPS) is 20.4. The number of ether oxygens (including phenoxy) is 1. The first-order chi connectivity index (χ1) is 19.6. The largest absolute Gasteiger partial charge is 0.427 e. The third-order valence-electron chi connectivity index (χ3n) is 7.83. The Balaban J connectivity index is 1.58. The van der Waals surface area contributed by atoms with Gasteiger partial charge in [0.05, 0.1) is 6.04 Å². The Morgan fingerprint density at radius 1 is 1.10 bits per heavy atom. The van der Waals surface area contributed by atoms with Gasteiger partial charge in [0.1, 0.15) is 17.9 Å². The number of aryl methyl sites for hydroxylation is 1. The second kappa shape index (κ2) is 11.3. The van der Waals surface area contributed by atoms with Crippen LogP contribution in [0, 0.1) is 11.7 Å². The van der Waals surface area contributed by atoms with Gasteiger partial charge in [-0.25, -0.2) is 14.1 Å². The number of hydrogen-bond donors (Lipinski definition) is 2. The molecule has 1 unspecified atom stereocenters. The van der Waals surface area contributed by atoms with Crippen molar-refractivity contribution in [3.05, 3.63) is 65.0 Å². The Labute approximate surface area is 240 Å². The zero-order chi connectivity index (χ0) is 31.1. The Morgan fingerprint density at radius 2 is 1.74 bits per heavy atom. The van der Waals surface area contributed by atoms with Crippen molar-refractivity contribution in [1.82, 2.24) is 9.80 Å². The number of anilines is 1. The number of nitrogens with two attached hydrogens (primary N) is 1. The van der Waals surface area contributed by atoms with E-state index in [0.29, 0.717) is 33.0 Å². The number of fused-ring (bicyclic) bond motifs is 2. The van der Waals surface area contributed by atoms with E-state index in [2.05, 4.69) is 5.32 Å². The number of alkyl halides is 3. The van der Waals surface area contributed by atoms with E-state index in [1.807, 2.05) is 0 Å². The summed E-state index contributed by atoms with van der Waals surface area (Å²) in [6.45, 7) is 5.02. The molecule has 1 spiro atoms. The van der Waals surface area contributed by atoms with Gasteiger partial charge in [-0.3, -0.25) is 14.4 Å². The van der Waals surface area contributed by atoms with Gasteiger partial charge >= 0.3 is 12.3 Å². The van der Waals surface area contributed by atoms with Crippen LogP contribution in [0.5, 0.6) is 0 Å². The summed E-state index contributed by atoms with van der Waals surface area (Å²) in [5, 5.41) is 2.72. The first-order valence-corrected chi connectivity index (χ1v) is 13.4. The van der Waals surface area contributed by atoms with E-state index in [1.54, 1.807) is 19.9 Å². The number of nitrogens with zero attached hydrogens (tertiary/aromatic N) is 2. The summed E-state index contributed by atoms with van der Waals surface area (Å²) in [6, 6.07) is 4.67. The van der Waals surface area contributed by atoms with Crippen molar-refractivity contribution in [3.8, 4) is 0 Å². The zero-order valence-electron chi connectivity index (χ0n) is 23.5. The Bertz CT molecular complexity index is 1400. The Morgan fingerprint density at radius 3 is 2.33 bits per heavy atom. The minimum atomic E-state index is -4.82. The number of carbonyl (C=O) groups is 4. The summed E-state index contributed by atoms with van der Waals surface area (Å²) in [6.07, 6.45) is -5.63. The summed E-state index contributed by atoms with van der Waals surface area (Å²) >= 11 is 0. The van der Waals surface area contributed by atoms with Crippen molar-refractivity contribution in [1.29, 1.82) is 0 Å². The molecule has 2 aromatic rings. The third-order valence-corrected chi connectivity index (χ3v) is 7.83. The van der Waals surface area contributed by atoms with Gasteiger partial charge in [0, 0.05) is 24.2 Å². The fraction of sp³-hybridized carbons (Fsp3) is 0.448. The van der Waals surface area contributed by atoms with Crippen LogP contribution in [0.3, 0.4) is 0 Å². The van der Waals surface area contributed by atoms with Gasteiger partial charge < -0.3 is 20.7 Å². The highest BCUT2D eigenvalue weighted by molar-refractivity contribution is 6.07. The van der Waals surface area contributed by atoms with Crippen molar-refractivity contribution in [2.45, 2.75) is 77.0 Å². The lowest BCUT2D eigenvalue weighted by Crippen LogP contribution is -2.55. The standard InChI is InChI=1S/C29H32F4N4O5/c1-15(2)23(34)24(38)35-21-9-10-22-19(13-21)11-12-28(22)26(40)37(27(41)42-28)16(3)25(39)36(17(4)29(31,32)33)14-18-5-7-20(30)8-6-18/h5-10,13,15-17,23H,11-12,14,34H2,1-4H3,(H,35,38)/t16?,17-,23+,28+/m0/s1. The molecule has 42 heavy (non-hydrogen) atoms. The molecule has 3 N–H and O–H groups in total. The van der Waals surface area contributed by atoms with Crippen LogP contribution in [0.1, 0.15) is 50.8 Å². The molecular formula is C29H32F4N4O5. The molecule has 1 aliphatic heterocycles. The van der Waals surface area contributed by atoms with Crippen LogP contribution in [-0.4, -0.2) is 57.9 Å². The predicted octanol–water partition coefficient (Wildman–Crippen LogP) is 4.24. The van der Waals surface area contributed by atoms with Gasteiger partial charge in [-0.05, 0) is 61.6 Å². The van der Waals surface area contributed by atoms with Crippen LogP contribution in [0.25, 0.3) is 0 Å². The second-order valence-corrected chi connectivity index (χ2v) is 11.0. The fourth-order valence-electron chi connectivity index (χ4n) is 5.15. The van der Waals surface area contributed by atoms with E-state index in [0.717, 1.165) is 26.0 Å². The van der Waals surface area contributed by atoms with Crippen LogP contribution in [0.2, 0.25) is 0 Å². The lowest BCUT2D eigenvalue weighted by Gasteiger charge is -2.34. The molecule has 2 aliphatic rings. The number of carbonyl (C=O) groups excluding carboxylic acids is 4. The smallest absolute Gasteiger partial charge is 0.418 e. The molecule has 2 aromatic carbocycles. The molecular weight excluding hydrogens is 560 g/mol. The molecule has 4 atom stereocenters. The zero-order valence-corrected chi connectivity index (χ0v) is 23.5. The van der Waals surface area contributed by atoms with Crippen LogP contribution < -0.4 is 11.1 Å². The van der Waals surface area contributed by atoms with E-state index in [9.17, 15) is 36.7 Å². The number of hydrogen-bond acceptors (Lipinski definition) is 6. The molecule has 0 bridgehead atoms. The van der Waals surface area contributed by atoms with Crippen molar-refractivity contribution < 1.29 is 41.5 Å². The van der Waals surface area contributed by atoms with Crippen molar-refractivity contribution in [3.63, 3.8) is 0 Å². The molecule has 0 aromatic heterocycles. The summed E-state index contributed by atoms with van der Waals surface area (Å²) < 4.78 is 60.2. The van der Waals surface area contributed by atoms with Gasteiger partial charge in [0.2, 0.25) is 17.4 Å². The van der Waals surface area contributed by atoms with E-state index in [4.69, 9.17) is 10.5 Å². The van der Waals surface area contributed by atoms with E-state index >= 15 is 0 Å². The van der Waals surface area contributed by atoms with Crippen LogP contribution in [-0.2, 0) is 37.7 Å². The van der Waals surface area contributed by atoms with E-state index < -0.39 is 66.1 Å². The monoisotopic (exact) mass is 592 g/mol.